The van der Waals surface area contributed by atoms with E-state index in [4.69, 9.17) is 0 Å². The number of aromatic amines is 1. The second-order valence-corrected chi connectivity index (χ2v) is 9.05. The highest BCUT2D eigenvalue weighted by atomic mass is 19.1. The topological polar surface area (TPSA) is 78.4 Å². The number of para-hydroxylation sites is 1. The summed E-state index contributed by atoms with van der Waals surface area (Å²) in [6.45, 7) is 8.88. The number of nitrogens with zero attached hydrogens (tertiary/aromatic N) is 3. The predicted octanol–water partition coefficient (Wildman–Crippen LogP) is 2.99. The van der Waals surface area contributed by atoms with Gasteiger partial charge in [0.15, 0.2) is 0 Å². The molecular formula is C26H29FN4O3. The molecule has 2 aromatic carbocycles. The van der Waals surface area contributed by atoms with Crippen molar-refractivity contribution in [2.24, 2.45) is 0 Å². The van der Waals surface area contributed by atoms with Crippen molar-refractivity contribution in [1.82, 2.24) is 19.4 Å². The lowest BCUT2D eigenvalue weighted by molar-refractivity contribution is 0.0538. The zero-order valence-electron chi connectivity index (χ0n) is 19.7. The van der Waals surface area contributed by atoms with Crippen LogP contribution in [0.3, 0.4) is 0 Å². The van der Waals surface area contributed by atoms with Crippen LogP contribution in [0.1, 0.15) is 36.7 Å². The Balaban J connectivity index is 1.58. The summed E-state index contributed by atoms with van der Waals surface area (Å²) in [5.74, 6) is -0.946. The molecule has 1 atom stereocenters. The van der Waals surface area contributed by atoms with Crippen molar-refractivity contribution in [3.05, 3.63) is 91.9 Å². The summed E-state index contributed by atoms with van der Waals surface area (Å²) in [5.41, 5.74) is 1.31. The lowest BCUT2D eigenvalue weighted by atomic mass is 10.1. The summed E-state index contributed by atoms with van der Waals surface area (Å²) < 4.78 is 16.1. The van der Waals surface area contributed by atoms with Crippen LogP contribution in [0.2, 0.25) is 0 Å². The Bertz CT molecular complexity index is 1370. The Labute approximate surface area is 197 Å². The van der Waals surface area contributed by atoms with Crippen molar-refractivity contribution in [1.29, 1.82) is 0 Å². The minimum absolute atomic E-state index is 0.00997. The van der Waals surface area contributed by atoms with Gasteiger partial charge < -0.3 is 4.90 Å². The SMILES string of the molecule is CC(C)=CCN1CCN(C(=O)c2cc(Cn3c(=O)[nH]c(=O)c4ccccc43)ccc2F)CC1C. The van der Waals surface area contributed by atoms with Crippen molar-refractivity contribution < 1.29 is 9.18 Å². The third-order valence-corrected chi connectivity index (χ3v) is 6.29. The van der Waals surface area contributed by atoms with E-state index in [1.807, 2.05) is 0 Å². The van der Waals surface area contributed by atoms with Crippen LogP contribution in [0, 0.1) is 5.82 Å². The summed E-state index contributed by atoms with van der Waals surface area (Å²) in [4.78, 5) is 44.1. The average Bonchev–Trinajstić information content (AvgIpc) is 2.81. The van der Waals surface area contributed by atoms with Gasteiger partial charge >= 0.3 is 5.69 Å². The van der Waals surface area contributed by atoms with Crippen molar-refractivity contribution in [3.63, 3.8) is 0 Å². The van der Waals surface area contributed by atoms with Gasteiger partial charge in [-0.25, -0.2) is 9.18 Å². The van der Waals surface area contributed by atoms with Gasteiger partial charge in [-0.3, -0.25) is 24.0 Å². The van der Waals surface area contributed by atoms with E-state index in [9.17, 15) is 18.8 Å². The number of carbonyl (C=O) groups excluding carboxylic acids is 1. The molecule has 1 aromatic heterocycles. The largest absolute Gasteiger partial charge is 0.336 e. The molecule has 7 nitrogen and oxygen atoms in total. The first-order chi connectivity index (χ1) is 16.2. The third-order valence-electron chi connectivity index (χ3n) is 6.29. The zero-order valence-corrected chi connectivity index (χ0v) is 19.7. The van der Waals surface area contributed by atoms with Gasteiger partial charge in [-0.2, -0.15) is 0 Å². The third kappa shape index (κ3) is 4.87. The van der Waals surface area contributed by atoms with Crippen LogP contribution in [0.5, 0.6) is 0 Å². The van der Waals surface area contributed by atoms with Gasteiger partial charge in [0.1, 0.15) is 5.82 Å². The summed E-state index contributed by atoms with van der Waals surface area (Å²) in [6, 6.07) is 11.3. The number of aromatic nitrogens is 2. The lowest BCUT2D eigenvalue weighted by Crippen LogP contribution is -2.53. The summed E-state index contributed by atoms with van der Waals surface area (Å²) >= 11 is 0. The molecule has 0 saturated carbocycles. The molecule has 1 aliphatic heterocycles. The Morgan fingerprint density at radius 1 is 1.15 bits per heavy atom. The summed E-state index contributed by atoms with van der Waals surface area (Å²) in [6.07, 6.45) is 2.17. The molecule has 0 bridgehead atoms. The molecule has 3 aromatic rings. The Hall–Kier alpha value is -3.52. The number of rotatable bonds is 5. The normalized spacial score (nSPS) is 16.6. The number of amides is 1. The van der Waals surface area contributed by atoms with Gasteiger partial charge in [0, 0.05) is 32.2 Å². The fraction of sp³-hybridized carbons (Fsp3) is 0.346. The van der Waals surface area contributed by atoms with Gasteiger partial charge in [-0.05, 0) is 50.6 Å². The van der Waals surface area contributed by atoms with E-state index in [-0.39, 0.29) is 24.1 Å². The molecule has 1 saturated heterocycles. The first-order valence-corrected chi connectivity index (χ1v) is 11.4. The maximum Gasteiger partial charge on any atom is 0.329 e. The molecule has 1 unspecified atom stereocenters. The van der Waals surface area contributed by atoms with Gasteiger partial charge in [0.25, 0.3) is 11.5 Å². The monoisotopic (exact) mass is 464 g/mol. The van der Waals surface area contributed by atoms with E-state index in [0.717, 1.165) is 13.1 Å². The van der Waals surface area contributed by atoms with Crippen LogP contribution in [-0.4, -0.2) is 57.5 Å². The van der Waals surface area contributed by atoms with Crippen LogP contribution in [0.4, 0.5) is 4.39 Å². The maximum atomic E-state index is 14.7. The average molecular weight is 465 g/mol. The number of halogens is 1. The Morgan fingerprint density at radius 3 is 2.65 bits per heavy atom. The van der Waals surface area contributed by atoms with Crippen LogP contribution in [0.15, 0.2) is 63.7 Å². The van der Waals surface area contributed by atoms with Crippen molar-refractivity contribution in [2.45, 2.75) is 33.4 Å². The second kappa shape index (κ2) is 9.77. The number of hydrogen-bond donors (Lipinski definition) is 1. The highest BCUT2D eigenvalue weighted by Crippen LogP contribution is 2.18. The minimum Gasteiger partial charge on any atom is -0.336 e. The number of H-pyrrole nitrogens is 1. The predicted molar refractivity (Wildman–Crippen MR) is 131 cm³/mol. The van der Waals surface area contributed by atoms with Crippen LogP contribution >= 0.6 is 0 Å². The fourth-order valence-corrected chi connectivity index (χ4v) is 4.34. The number of nitrogens with one attached hydrogen (secondary N) is 1. The smallest absolute Gasteiger partial charge is 0.329 e. The fourth-order valence-electron chi connectivity index (χ4n) is 4.34. The number of piperazine rings is 1. The van der Waals surface area contributed by atoms with Gasteiger partial charge in [-0.1, -0.05) is 29.8 Å². The lowest BCUT2D eigenvalue weighted by Gasteiger charge is -2.39. The molecule has 8 heteroatoms. The van der Waals surface area contributed by atoms with Crippen LogP contribution in [-0.2, 0) is 6.54 Å². The number of hydrogen-bond acceptors (Lipinski definition) is 4. The minimum atomic E-state index is -0.591. The van der Waals surface area contributed by atoms with E-state index < -0.39 is 17.1 Å². The molecule has 34 heavy (non-hydrogen) atoms. The van der Waals surface area contributed by atoms with E-state index in [2.05, 4.69) is 36.7 Å². The van der Waals surface area contributed by atoms with Crippen LogP contribution < -0.4 is 11.2 Å². The molecule has 1 fully saturated rings. The zero-order chi connectivity index (χ0) is 24.4. The molecule has 1 amide bonds. The molecule has 1 aliphatic rings. The van der Waals surface area contributed by atoms with Crippen molar-refractivity contribution in [2.75, 3.05) is 26.2 Å². The molecule has 0 aliphatic carbocycles. The van der Waals surface area contributed by atoms with Gasteiger partial charge in [0.2, 0.25) is 0 Å². The molecule has 0 spiro atoms. The molecule has 2 heterocycles. The number of fused-ring (bicyclic) bond motifs is 1. The van der Waals surface area contributed by atoms with Gasteiger partial charge in [0.05, 0.1) is 23.0 Å². The molecule has 178 valence electrons. The van der Waals surface area contributed by atoms with E-state index in [1.165, 1.54) is 22.3 Å². The number of carbonyl (C=O) groups is 1. The van der Waals surface area contributed by atoms with E-state index in [0.29, 0.717) is 29.6 Å². The first-order valence-electron chi connectivity index (χ1n) is 11.4. The molecule has 4 rings (SSSR count). The van der Waals surface area contributed by atoms with Gasteiger partial charge in [-0.15, -0.1) is 0 Å². The Kier molecular flexibility index (Phi) is 6.79. The Morgan fingerprint density at radius 2 is 1.91 bits per heavy atom. The van der Waals surface area contributed by atoms with Crippen molar-refractivity contribution >= 4 is 16.8 Å². The van der Waals surface area contributed by atoms with E-state index >= 15 is 0 Å². The summed E-state index contributed by atoms with van der Waals surface area (Å²) in [5, 5.41) is 0.389. The molecule has 1 N–H and O–H groups in total. The standard InChI is InChI=1S/C26H29FN4O3/c1-17(2)10-11-29-12-13-30(15-18(29)3)25(33)21-14-19(8-9-22(21)27)16-31-23-7-5-4-6-20(23)24(32)28-26(31)34/h4-10,14,18H,11-13,15-16H2,1-3H3,(H,28,32,34). The van der Waals surface area contributed by atoms with Crippen molar-refractivity contribution in [3.8, 4) is 0 Å². The van der Waals surface area contributed by atoms with E-state index in [1.54, 1.807) is 35.2 Å². The van der Waals surface area contributed by atoms with Crippen LogP contribution in [0.25, 0.3) is 10.9 Å². The maximum absolute atomic E-state index is 14.7. The molecular weight excluding hydrogens is 435 g/mol. The number of allylic oxidation sites excluding steroid dienone is 1. The quantitative estimate of drug-likeness (QED) is 0.589. The number of benzene rings is 2. The highest BCUT2D eigenvalue weighted by molar-refractivity contribution is 5.94. The summed E-state index contributed by atoms with van der Waals surface area (Å²) in [7, 11) is 0. The second-order valence-electron chi connectivity index (χ2n) is 9.05. The molecule has 0 radical (unpaired) electrons. The first kappa shape index (κ1) is 23.6. The highest BCUT2D eigenvalue weighted by Gasteiger charge is 2.28.